The fraction of sp³-hybridized carbons (Fsp3) is 0.750. The molecule has 1 aliphatic carbocycles. The summed E-state index contributed by atoms with van der Waals surface area (Å²) in [7, 11) is 2.14. The summed E-state index contributed by atoms with van der Waals surface area (Å²) >= 11 is 0. The van der Waals surface area contributed by atoms with Gasteiger partial charge in [0.2, 0.25) is 0 Å². The van der Waals surface area contributed by atoms with E-state index in [0.29, 0.717) is 5.82 Å². The molecule has 1 saturated carbocycles. The largest absolute Gasteiger partial charge is 0.383 e. The van der Waals surface area contributed by atoms with E-state index in [9.17, 15) is 0 Å². The van der Waals surface area contributed by atoms with E-state index in [-0.39, 0.29) is 0 Å². The highest BCUT2D eigenvalue weighted by atomic mass is 15.2. The van der Waals surface area contributed by atoms with Crippen molar-refractivity contribution in [3.63, 3.8) is 0 Å². The SMILES string of the molecule is CCCc1nc(N)c(C)c(N(C)CC2CCCCC2)n1. The van der Waals surface area contributed by atoms with Crippen molar-refractivity contribution in [2.75, 3.05) is 24.2 Å². The Morgan fingerprint density at radius 2 is 1.90 bits per heavy atom. The van der Waals surface area contributed by atoms with Gasteiger partial charge in [-0.1, -0.05) is 26.2 Å². The van der Waals surface area contributed by atoms with Crippen molar-refractivity contribution in [1.82, 2.24) is 9.97 Å². The van der Waals surface area contributed by atoms with Crippen LogP contribution in [0.25, 0.3) is 0 Å². The maximum absolute atomic E-state index is 6.04. The first-order chi connectivity index (χ1) is 9.61. The standard InChI is InChI=1S/C16H28N4/c1-4-8-14-18-15(17)12(2)16(19-14)20(3)11-13-9-6-5-7-10-13/h13H,4-11H2,1-3H3,(H2,17,18,19). The Hall–Kier alpha value is -1.32. The maximum atomic E-state index is 6.04. The van der Waals surface area contributed by atoms with Gasteiger partial charge in [-0.2, -0.15) is 0 Å². The number of rotatable bonds is 5. The summed E-state index contributed by atoms with van der Waals surface area (Å²) in [5.74, 6) is 3.33. The molecule has 0 amide bonds. The van der Waals surface area contributed by atoms with E-state index in [1.54, 1.807) is 0 Å². The van der Waals surface area contributed by atoms with Crippen LogP contribution in [0, 0.1) is 12.8 Å². The van der Waals surface area contributed by atoms with E-state index in [0.717, 1.165) is 42.5 Å². The molecule has 1 heterocycles. The molecule has 0 saturated heterocycles. The summed E-state index contributed by atoms with van der Waals surface area (Å²) in [6.45, 7) is 5.26. The van der Waals surface area contributed by atoms with Crippen molar-refractivity contribution in [2.45, 2.75) is 58.8 Å². The molecule has 1 aromatic rings. The van der Waals surface area contributed by atoms with Crippen molar-refractivity contribution in [1.29, 1.82) is 0 Å². The van der Waals surface area contributed by atoms with Crippen LogP contribution in [0.4, 0.5) is 11.6 Å². The third-order valence-electron chi connectivity index (χ3n) is 4.30. The second kappa shape index (κ2) is 6.91. The van der Waals surface area contributed by atoms with Gasteiger partial charge in [0, 0.05) is 25.6 Å². The van der Waals surface area contributed by atoms with E-state index in [1.165, 1.54) is 32.1 Å². The highest BCUT2D eigenvalue weighted by Crippen LogP contribution is 2.27. The lowest BCUT2D eigenvalue weighted by Gasteiger charge is -2.29. The fourth-order valence-electron chi connectivity index (χ4n) is 3.12. The Morgan fingerprint density at radius 3 is 2.55 bits per heavy atom. The summed E-state index contributed by atoms with van der Waals surface area (Å²) in [5.41, 5.74) is 7.06. The molecule has 1 aliphatic rings. The molecular weight excluding hydrogens is 248 g/mol. The van der Waals surface area contributed by atoms with E-state index < -0.39 is 0 Å². The van der Waals surface area contributed by atoms with E-state index in [1.807, 2.05) is 6.92 Å². The van der Waals surface area contributed by atoms with Gasteiger partial charge in [0.25, 0.3) is 0 Å². The smallest absolute Gasteiger partial charge is 0.137 e. The predicted octanol–water partition coefficient (Wildman–Crippen LogP) is 3.34. The molecular formula is C16H28N4. The van der Waals surface area contributed by atoms with Gasteiger partial charge in [-0.15, -0.1) is 0 Å². The molecule has 112 valence electrons. The third kappa shape index (κ3) is 3.62. The Morgan fingerprint density at radius 1 is 1.20 bits per heavy atom. The van der Waals surface area contributed by atoms with Crippen LogP contribution in [0.3, 0.4) is 0 Å². The van der Waals surface area contributed by atoms with Gasteiger partial charge in [0.05, 0.1) is 0 Å². The number of nitrogens with two attached hydrogens (primary N) is 1. The summed E-state index contributed by atoms with van der Waals surface area (Å²) in [6.07, 6.45) is 8.82. The minimum Gasteiger partial charge on any atom is -0.383 e. The molecule has 0 unspecified atom stereocenters. The average Bonchev–Trinajstić information content (AvgIpc) is 2.44. The predicted molar refractivity (Wildman–Crippen MR) is 85.0 cm³/mol. The molecule has 0 aliphatic heterocycles. The summed E-state index contributed by atoms with van der Waals surface area (Å²) in [4.78, 5) is 11.4. The van der Waals surface area contributed by atoms with E-state index >= 15 is 0 Å². The first-order valence-corrected chi connectivity index (χ1v) is 7.96. The van der Waals surface area contributed by atoms with Crippen molar-refractivity contribution >= 4 is 11.6 Å². The summed E-state index contributed by atoms with van der Waals surface area (Å²) in [6, 6.07) is 0. The monoisotopic (exact) mass is 276 g/mol. The molecule has 2 N–H and O–H groups in total. The molecule has 0 atom stereocenters. The fourth-order valence-corrected chi connectivity index (χ4v) is 3.12. The first-order valence-electron chi connectivity index (χ1n) is 7.96. The second-order valence-corrected chi connectivity index (χ2v) is 6.11. The zero-order valence-corrected chi connectivity index (χ0v) is 13.2. The zero-order valence-electron chi connectivity index (χ0n) is 13.2. The van der Waals surface area contributed by atoms with Crippen molar-refractivity contribution < 1.29 is 0 Å². The van der Waals surface area contributed by atoms with Crippen molar-refractivity contribution in [3.8, 4) is 0 Å². The van der Waals surface area contributed by atoms with Gasteiger partial charge < -0.3 is 10.6 Å². The van der Waals surface area contributed by atoms with E-state index in [4.69, 9.17) is 10.7 Å². The van der Waals surface area contributed by atoms with Gasteiger partial charge in [-0.25, -0.2) is 9.97 Å². The molecule has 4 nitrogen and oxygen atoms in total. The molecule has 2 rings (SSSR count). The molecule has 0 bridgehead atoms. The Bertz CT molecular complexity index is 438. The van der Waals surface area contributed by atoms with Crippen LogP contribution < -0.4 is 10.6 Å². The lowest BCUT2D eigenvalue weighted by molar-refractivity contribution is 0.361. The lowest BCUT2D eigenvalue weighted by Crippen LogP contribution is -2.28. The summed E-state index contributed by atoms with van der Waals surface area (Å²) < 4.78 is 0. The van der Waals surface area contributed by atoms with Crippen LogP contribution in [0.2, 0.25) is 0 Å². The molecule has 0 aromatic carbocycles. The molecule has 1 fully saturated rings. The normalized spacial score (nSPS) is 16.4. The average molecular weight is 276 g/mol. The molecule has 0 spiro atoms. The van der Waals surface area contributed by atoms with Crippen molar-refractivity contribution in [2.24, 2.45) is 5.92 Å². The Labute approximate surface area is 122 Å². The van der Waals surface area contributed by atoms with Crippen LogP contribution in [-0.4, -0.2) is 23.6 Å². The van der Waals surface area contributed by atoms with Crippen LogP contribution in [0.5, 0.6) is 0 Å². The minimum absolute atomic E-state index is 0.633. The third-order valence-corrected chi connectivity index (χ3v) is 4.30. The van der Waals surface area contributed by atoms with Crippen LogP contribution >= 0.6 is 0 Å². The highest BCUT2D eigenvalue weighted by Gasteiger charge is 2.18. The first kappa shape index (κ1) is 15.1. The number of aromatic nitrogens is 2. The molecule has 1 aromatic heterocycles. The number of hydrogen-bond donors (Lipinski definition) is 1. The van der Waals surface area contributed by atoms with Crippen molar-refractivity contribution in [3.05, 3.63) is 11.4 Å². The van der Waals surface area contributed by atoms with Gasteiger partial charge in [0.1, 0.15) is 17.5 Å². The van der Waals surface area contributed by atoms with Gasteiger partial charge >= 0.3 is 0 Å². The molecule has 20 heavy (non-hydrogen) atoms. The number of anilines is 2. The Balaban J connectivity index is 2.12. The second-order valence-electron chi connectivity index (χ2n) is 6.11. The van der Waals surface area contributed by atoms with Gasteiger partial charge in [0.15, 0.2) is 0 Å². The lowest BCUT2D eigenvalue weighted by atomic mass is 9.89. The zero-order chi connectivity index (χ0) is 14.5. The maximum Gasteiger partial charge on any atom is 0.137 e. The van der Waals surface area contributed by atoms with Gasteiger partial charge in [-0.05, 0) is 32.1 Å². The minimum atomic E-state index is 0.633. The topological polar surface area (TPSA) is 55.0 Å². The van der Waals surface area contributed by atoms with Crippen LogP contribution in [0.15, 0.2) is 0 Å². The summed E-state index contributed by atoms with van der Waals surface area (Å²) in [5, 5.41) is 0. The van der Waals surface area contributed by atoms with Crippen LogP contribution in [0.1, 0.15) is 56.8 Å². The number of nitrogens with zero attached hydrogens (tertiary/aromatic N) is 3. The quantitative estimate of drug-likeness (QED) is 0.896. The van der Waals surface area contributed by atoms with E-state index in [2.05, 4.69) is 23.9 Å². The van der Waals surface area contributed by atoms with Gasteiger partial charge in [-0.3, -0.25) is 0 Å². The number of aryl methyl sites for hydroxylation is 1. The number of nitrogen functional groups attached to an aromatic ring is 1. The molecule has 0 radical (unpaired) electrons. The highest BCUT2D eigenvalue weighted by molar-refractivity contribution is 5.56. The number of hydrogen-bond acceptors (Lipinski definition) is 4. The van der Waals surface area contributed by atoms with Crippen LogP contribution in [-0.2, 0) is 6.42 Å². The molecule has 4 heteroatoms. The Kier molecular flexibility index (Phi) is 5.21.